The number of ether oxygens (including phenoxy) is 1. The molecule has 0 aliphatic rings. The van der Waals surface area contributed by atoms with E-state index in [-0.39, 0.29) is 17.9 Å². The van der Waals surface area contributed by atoms with Gasteiger partial charge >= 0.3 is 6.18 Å². The largest absolute Gasteiger partial charge is 0.481 e. The van der Waals surface area contributed by atoms with Gasteiger partial charge in [-0.25, -0.2) is 0 Å². The predicted octanol–water partition coefficient (Wildman–Crippen LogP) is 5.55. The monoisotopic (exact) mass is 421 g/mol. The number of hydrogen-bond donors (Lipinski definition) is 0. The molecule has 0 saturated carbocycles. The molecule has 0 radical (unpaired) electrons. The van der Waals surface area contributed by atoms with Gasteiger partial charge < -0.3 is 9.26 Å². The molecule has 0 aliphatic carbocycles. The van der Waals surface area contributed by atoms with Crippen LogP contribution in [0.2, 0.25) is 0 Å². The Bertz CT molecular complexity index is 956. The van der Waals surface area contributed by atoms with Crippen LogP contribution in [0.1, 0.15) is 11.3 Å². The Kier molecular flexibility index (Phi) is 5.33. The molecule has 0 bridgehead atoms. The molecule has 0 aliphatic heterocycles. The number of halogens is 4. The highest BCUT2D eigenvalue weighted by Crippen LogP contribution is 2.39. The van der Waals surface area contributed by atoms with Crippen molar-refractivity contribution in [3.8, 4) is 28.9 Å². The highest BCUT2D eigenvalue weighted by Gasteiger charge is 2.40. The van der Waals surface area contributed by atoms with E-state index in [0.29, 0.717) is 5.75 Å². The van der Waals surface area contributed by atoms with Crippen molar-refractivity contribution < 1.29 is 22.4 Å². The molecule has 0 spiro atoms. The maximum absolute atomic E-state index is 13.4. The van der Waals surface area contributed by atoms with Gasteiger partial charge in [-0.2, -0.15) is 13.2 Å². The number of nitrogens with zero attached hydrogens (tertiary/aromatic N) is 1. The normalized spacial score (nSPS) is 10.9. The summed E-state index contributed by atoms with van der Waals surface area (Å²) in [4.78, 5) is 0. The standard InChI is InChI=1S/C19H11BrF3NO2/c20-14-8-4-9-15(12-14)25-11-5-10-16-17(19(21,22)23)18(26-24-16)13-6-2-1-3-7-13/h1-4,6-9,12H,11H2. The molecule has 0 atom stereocenters. The van der Waals surface area contributed by atoms with Gasteiger partial charge in [0.05, 0.1) is 0 Å². The maximum atomic E-state index is 13.4. The fourth-order valence-electron chi connectivity index (χ4n) is 2.22. The molecule has 0 saturated heterocycles. The number of aromatic nitrogens is 1. The first-order chi connectivity index (χ1) is 12.4. The summed E-state index contributed by atoms with van der Waals surface area (Å²) in [6.07, 6.45) is -4.64. The molecule has 0 fully saturated rings. The lowest BCUT2D eigenvalue weighted by Crippen LogP contribution is -2.07. The Balaban J connectivity index is 1.84. The van der Waals surface area contributed by atoms with Crippen LogP contribution in [0.15, 0.2) is 63.6 Å². The van der Waals surface area contributed by atoms with Crippen molar-refractivity contribution in [3.63, 3.8) is 0 Å². The van der Waals surface area contributed by atoms with Gasteiger partial charge in [0.15, 0.2) is 11.5 Å². The van der Waals surface area contributed by atoms with Crippen molar-refractivity contribution >= 4 is 15.9 Å². The number of benzene rings is 2. The topological polar surface area (TPSA) is 35.3 Å². The molecular formula is C19H11BrF3NO2. The van der Waals surface area contributed by atoms with Gasteiger partial charge in [-0.05, 0) is 24.1 Å². The van der Waals surface area contributed by atoms with Crippen molar-refractivity contribution in [2.24, 2.45) is 0 Å². The number of alkyl halides is 3. The third-order valence-electron chi connectivity index (χ3n) is 3.33. The van der Waals surface area contributed by atoms with Crippen molar-refractivity contribution in [2.75, 3.05) is 6.61 Å². The van der Waals surface area contributed by atoms with Gasteiger partial charge in [-0.3, -0.25) is 0 Å². The molecule has 26 heavy (non-hydrogen) atoms. The maximum Gasteiger partial charge on any atom is 0.422 e. The van der Waals surface area contributed by atoms with Crippen molar-refractivity contribution in [2.45, 2.75) is 6.18 Å². The highest BCUT2D eigenvalue weighted by atomic mass is 79.9. The summed E-state index contributed by atoms with van der Waals surface area (Å²) in [6.45, 7) is -0.0821. The van der Waals surface area contributed by atoms with Crippen LogP contribution in [0.5, 0.6) is 5.75 Å². The fraction of sp³-hybridized carbons (Fsp3) is 0.105. The summed E-state index contributed by atoms with van der Waals surface area (Å²) < 4.78 is 51.5. The molecular weight excluding hydrogens is 411 g/mol. The van der Waals surface area contributed by atoms with E-state index < -0.39 is 17.4 Å². The van der Waals surface area contributed by atoms with Gasteiger partial charge in [0.25, 0.3) is 0 Å². The van der Waals surface area contributed by atoms with E-state index in [2.05, 4.69) is 32.9 Å². The molecule has 132 valence electrons. The Morgan fingerprint density at radius 1 is 1.08 bits per heavy atom. The third-order valence-corrected chi connectivity index (χ3v) is 3.82. The van der Waals surface area contributed by atoms with E-state index >= 15 is 0 Å². The van der Waals surface area contributed by atoms with Crippen LogP contribution in [0.3, 0.4) is 0 Å². The SMILES string of the molecule is FC(F)(F)c1c(C#CCOc2cccc(Br)c2)noc1-c1ccccc1. The predicted molar refractivity (Wildman–Crippen MR) is 93.5 cm³/mol. The van der Waals surface area contributed by atoms with Crippen LogP contribution in [-0.2, 0) is 6.18 Å². The van der Waals surface area contributed by atoms with Gasteiger partial charge in [-0.1, -0.05) is 63.4 Å². The van der Waals surface area contributed by atoms with E-state index in [1.54, 1.807) is 36.4 Å². The zero-order chi connectivity index (χ0) is 18.6. The van der Waals surface area contributed by atoms with Crippen LogP contribution in [0.25, 0.3) is 11.3 Å². The fourth-order valence-corrected chi connectivity index (χ4v) is 2.60. The average Bonchev–Trinajstić information content (AvgIpc) is 3.04. The Morgan fingerprint density at radius 3 is 2.54 bits per heavy atom. The minimum Gasteiger partial charge on any atom is -0.481 e. The molecule has 2 aromatic carbocycles. The molecule has 0 N–H and O–H groups in total. The van der Waals surface area contributed by atoms with Crippen LogP contribution in [0, 0.1) is 11.8 Å². The quantitative estimate of drug-likeness (QED) is 0.519. The molecule has 7 heteroatoms. The first kappa shape index (κ1) is 18.1. The molecule has 3 nitrogen and oxygen atoms in total. The zero-order valence-electron chi connectivity index (χ0n) is 13.2. The summed E-state index contributed by atoms with van der Waals surface area (Å²) in [6, 6.07) is 15.0. The van der Waals surface area contributed by atoms with Gasteiger partial charge in [0, 0.05) is 10.0 Å². The second kappa shape index (κ2) is 7.67. The lowest BCUT2D eigenvalue weighted by molar-refractivity contribution is -0.137. The lowest BCUT2D eigenvalue weighted by atomic mass is 10.1. The number of hydrogen-bond acceptors (Lipinski definition) is 3. The lowest BCUT2D eigenvalue weighted by Gasteiger charge is -2.06. The molecule has 0 amide bonds. The minimum atomic E-state index is -4.64. The molecule has 3 rings (SSSR count). The Hall–Kier alpha value is -2.72. The average molecular weight is 422 g/mol. The molecule has 0 unspecified atom stereocenters. The van der Waals surface area contributed by atoms with Crippen LogP contribution < -0.4 is 4.74 Å². The first-order valence-corrected chi connectivity index (χ1v) is 8.24. The van der Waals surface area contributed by atoms with Crippen molar-refractivity contribution in [1.29, 1.82) is 0 Å². The minimum absolute atomic E-state index is 0.0821. The smallest absolute Gasteiger partial charge is 0.422 e. The summed E-state index contributed by atoms with van der Waals surface area (Å²) >= 11 is 3.30. The zero-order valence-corrected chi connectivity index (χ0v) is 14.8. The molecule has 1 aromatic heterocycles. The van der Waals surface area contributed by atoms with E-state index in [0.717, 1.165) is 4.47 Å². The van der Waals surface area contributed by atoms with E-state index in [4.69, 9.17) is 9.26 Å². The van der Waals surface area contributed by atoms with Crippen molar-refractivity contribution in [1.82, 2.24) is 5.16 Å². The summed E-state index contributed by atoms with van der Waals surface area (Å²) in [7, 11) is 0. The highest BCUT2D eigenvalue weighted by molar-refractivity contribution is 9.10. The van der Waals surface area contributed by atoms with Gasteiger partial charge in [0.1, 0.15) is 17.9 Å². The van der Waals surface area contributed by atoms with E-state index in [9.17, 15) is 13.2 Å². The first-order valence-electron chi connectivity index (χ1n) is 7.44. The molecule has 3 aromatic rings. The summed E-state index contributed by atoms with van der Waals surface area (Å²) in [5.74, 6) is 5.12. The van der Waals surface area contributed by atoms with E-state index in [1.165, 1.54) is 12.1 Å². The van der Waals surface area contributed by atoms with E-state index in [1.807, 2.05) is 6.07 Å². The summed E-state index contributed by atoms with van der Waals surface area (Å²) in [5, 5.41) is 3.49. The second-order valence-corrected chi connectivity index (χ2v) is 6.06. The Labute approximate surface area is 155 Å². The van der Waals surface area contributed by atoms with Crippen molar-refractivity contribution in [3.05, 3.63) is 70.3 Å². The Morgan fingerprint density at radius 2 is 1.85 bits per heavy atom. The second-order valence-electron chi connectivity index (χ2n) is 5.15. The molecule has 1 heterocycles. The van der Waals surface area contributed by atoms with Crippen LogP contribution >= 0.6 is 15.9 Å². The van der Waals surface area contributed by atoms with Gasteiger partial charge in [-0.15, -0.1) is 0 Å². The van der Waals surface area contributed by atoms with Crippen LogP contribution in [0.4, 0.5) is 13.2 Å². The summed E-state index contributed by atoms with van der Waals surface area (Å²) in [5.41, 5.74) is -1.17. The van der Waals surface area contributed by atoms with Crippen LogP contribution in [-0.4, -0.2) is 11.8 Å². The number of rotatable bonds is 3. The van der Waals surface area contributed by atoms with Gasteiger partial charge in [0.2, 0.25) is 0 Å². The third kappa shape index (κ3) is 4.27.